The van der Waals surface area contributed by atoms with E-state index in [1.165, 1.54) is 12.1 Å². The molecule has 1 aromatic rings. The number of carboxylic acid groups (broad SMARTS) is 1. The standard InChI is InChI=1S/C13H16O4/c14-12(11-5-2-6-17-8-11)9-3-1-4-10(7-9)13(15)16/h1,3-4,7,11-12,14H,2,5-6,8H2,(H,15,16). The van der Waals surface area contributed by atoms with E-state index in [-0.39, 0.29) is 11.5 Å². The molecule has 2 N–H and O–H groups in total. The number of aliphatic hydroxyl groups is 1. The van der Waals surface area contributed by atoms with Crippen LogP contribution in [0.4, 0.5) is 0 Å². The van der Waals surface area contributed by atoms with Gasteiger partial charge in [-0.05, 0) is 30.5 Å². The number of rotatable bonds is 3. The predicted molar refractivity (Wildman–Crippen MR) is 61.9 cm³/mol. The highest BCUT2D eigenvalue weighted by Crippen LogP contribution is 2.28. The van der Waals surface area contributed by atoms with Crippen LogP contribution in [0.1, 0.15) is 34.9 Å². The Labute approximate surface area is 99.8 Å². The van der Waals surface area contributed by atoms with Crippen LogP contribution in [0.25, 0.3) is 0 Å². The van der Waals surface area contributed by atoms with Crippen LogP contribution in [-0.2, 0) is 4.74 Å². The Kier molecular flexibility index (Phi) is 3.76. The highest BCUT2D eigenvalue weighted by atomic mass is 16.5. The summed E-state index contributed by atoms with van der Waals surface area (Å²) in [7, 11) is 0. The van der Waals surface area contributed by atoms with Crippen molar-refractivity contribution >= 4 is 5.97 Å². The summed E-state index contributed by atoms with van der Waals surface area (Å²) in [6, 6.07) is 6.47. The molecule has 4 heteroatoms. The van der Waals surface area contributed by atoms with Crippen molar-refractivity contribution in [1.29, 1.82) is 0 Å². The van der Waals surface area contributed by atoms with Gasteiger partial charge in [0.25, 0.3) is 0 Å². The van der Waals surface area contributed by atoms with Crippen LogP contribution in [0.2, 0.25) is 0 Å². The average Bonchev–Trinajstić information content (AvgIpc) is 2.39. The molecule has 2 atom stereocenters. The van der Waals surface area contributed by atoms with Gasteiger partial charge in [0.2, 0.25) is 0 Å². The predicted octanol–water partition coefficient (Wildman–Crippen LogP) is 1.84. The van der Waals surface area contributed by atoms with E-state index < -0.39 is 12.1 Å². The van der Waals surface area contributed by atoms with Crippen molar-refractivity contribution in [3.63, 3.8) is 0 Å². The molecule has 1 aromatic carbocycles. The molecular formula is C13H16O4. The van der Waals surface area contributed by atoms with Crippen molar-refractivity contribution in [2.24, 2.45) is 5.92 Å². The summed E-state index contributed by atoms with van der Waals surface area (Å²) in [4.78, 5) is 10.8. The zero-order chi connectivity index (χ0) is 12.3. The van der Waals surface area contributed by atoms with E-state index in [2.05, 4.69) is 0 Å². The zero-order valence-corrected chi connectivity index (χ0v) is 9.50. The number of hydrogen-bond acceptors (Lipinski definition) is 3. The second kappa shape index (κ2) is 5.29. The lowest BCUT2D eigenvalue weighted by Crippen LogP contribution is -2.23. The summed E-state index contributed by atoms with van der Waals surface area (Å²) >= 11 is 0. The van der Waals surface area contributed by atoms with Crippen LogP contribution in [0.15, 0.2) is 24.3 Å². The van der Waals surface area contributed by atoms with Gasteiger partial charge in [0.15, 0.2) is 0 Å². The average molecular weight is 236 g/mol. The molecule has 0 amide bonds. The Balaban J connectivity index is 2.14. The van der Waals surface area contributed by atoms with Gasteiger partial charge < -0.3 is 14.9 Å². The van der Waals surface area contributed by atoms with Crippen molar-refractivity contribution in [2.75, 3.05) is 13.2 Å². The molecule has 1 fully saturated rings. The minimum Gasteiger partial charge on any atom is -0.478 e. The molecule has 92 valence electrons. The Hall–Kier alpha value is -1.39. The quantitative estimate of drug-likeness (QED) is 0.840. The molecule has 1 heterocycles. The molecule has 0 saturated carbocycles. The maximum atomic E-state index is 10.8. The van der Waals surface area contributed by atoms with Crippen molar-refractivity contribution in [2.45, 2.75) is 18.9 Å². The van der Waals surface area contributed by atoms with Gasteiger partial charge in [0.1, 0.15) is 0 Å². The zero-order valence-electron chi connectivity index (χ0n) is 9.50. The maximum absolute atomic E-state index is 10.8. The van der Waals surface area contributed by atoms with Gasteiger partial charge in [-0.2, -0.15) is 0 Å². The van der Waals surface area contributed by atoms with Crippen LogP contribution >= 0.6 is 0 Å². The molecule has 4 nitrogen and oxygen atoms in total. The van der Waals surface area contributed by atoms with E-state index in [9.17, 15) is 9.90 Å². The van der Waals surface area contributed by atoms with E-state index in [0.717, 1.165) is 19.4 Å². The number of benzene rings is 1. The number of aliphatic hydroxyl groups excluding tert-OH is 1. The van der Waals surface area contributed by atoms with Gasteiger partial charge in [-0.15, -0.1) is 0 Å². The fraction of sp³-hybridized carbons (Fsp3) is 0.462. The molecule has 0 aliphatic carbocycles. The first-order valence-electron chi connectivity index (χ1n) is 5.77. The molecule has 2 unspecified atom stereocenters. The molecule has 0 spiro atoms. The van der Waals surface area contributed by atoms with Gasteiger partial charge in [-0.25, -0.2) is 4.79 Å². The molecule has 2 rings (SSSR count). The third-order valence-electron chi connectivity index (χ3n) is 3.12. The number of ether oxygens (including phenoxy) is 1. The maximum Gasteiger partial charge on any atom is 0.335 e. The smallest absolute Gasteiger partial charge is 0.335 e. The van der Waals surface area contributed by atoms with Gasteiger partial charge in [-0.1, -0.05) is 12.1 Å². The fourth-order valence-electron chi connectivity index (χ4n) is 2.14. The van der Waals surface area contributed by atoms with Gasteiger partial charge in [0, 0.05) is 12.5 Å². The van der Waals surface area contributed by atoms with Crippen LogP contribution in [0.3, 0.4) is 0 Å². The van der Waals surface area contributed by atoms with E-state index in [1.807, 2.05) is 0 Å². The molecule has 0 bridgehead atoms. The van der Waals surface area contributed by atoms with E-state index in [4.69, 9.17) is 9.84 Å². The molecule has 1 aliphatic rings. The van der Waals surface area contributed by atoms with Gasteiger partial charge in [0.05, 0.1) is 18.3 Å². The summed E-state index contributed by atoms with van der Waals surface area (Å²) < 4.78 is 5.33. The second-order valence-electron chi connectivity index (χ2n) is 4.35. The lowest BCUT2D eigenvalue weighted by Gasteiger charge is -2.27. The number of hydrogen-bond donors (Lipinski definition) is 2. The lowest BCUT2D eigenvalue weighted by atomic mass is 9.90. The Morgan fingerprint density at radius 1 is 1.47 bits per heavy atom. The van der Waals surface area contributed by atoms with Crippen molar-refractivity contribution in [1.82, 2.24) is 0 Å². The van der Waals surface area contributed by atoms with E-state index >= 15 is 0 Å². The van der Waals surface area contributed by atoms with Crippen molar-refractivity contribution in [3.8, 4) is 0 Å². The molecule has 17 heavy (non-hydrogen) atoms. The Morgan fingerprint density at radius 3 is 2.94 bits per heavy atom. The molecule has 1 saturated heterocycles. The van der Waals surface area contributed by atoms with Crippen molar-refractivity contribution < 1.29 is 19.7 Å². The largest absolute Gasteiger partial charge is 0.478 e. The normalized spacial score (nSPS) is 22.1. The molecular weight excluding hydrogens is 220 g/mol. The van der Waals surface area contributed by atoms with Crippen LogP contribution in [0, 0.1) is 5.92 Å². The van der Waals surface area contributed by atoms with E-state index in [1.54, 1.807) is 12.1 Å². The second-order valence-corrected chi connectivity index (χ2v) is 4.35. The Morgan fingerprint density at radius 2 is 2.29 bits per heavy atom. The topological polar surface area (TPSA) is 66.8 Å². The fourth-order valence-corrected chi connectivity index (χ4v) is 2.14. The first-order valence-corrected chi connectivity index (χ1v) is 5.77. The highest BCUT2D eigenvalue weighted by molar-refractivity contribution is 5.87. The first kappa shape index (κ1) is 12.1. The minimum absolute atomic E-state index is 0.0628. The first-order chi connectivity index (χ1) is 8.18. The number of aromatic carboxylic acids is 1. The molecule has 0 aromatic heterocycles. The molecule has 1 aliphatic heterocycles. The monoisotopic (exact) mass is 236 g/mol. The number of carboxylic acids is 1. The van der Waals surface area contributed by atoms with Crippen LogP contribution in [-0.4, -0.2) is 29.4 Å². The summed E-state index contributed by atoms with van der Waals surface area (Å²) in [5.74, 6) is -0.910. The summed E-state index contributed by atoms with van der Waals surface area (Å²) in [5, 5.41) is 19.1. The van der Waals surface area contributed by atoms with Gasteiger partial charge in [-0.3, -0.25) is 0 Å². The van der Waals surface area contributed by atoms with Crippen molar-refractivity contribution in [3.05, 3.63) is 35.4 Å². The van der Waals surface area contributed by atoms with E-state index in [0.29, 0.717) is 12.2 Å². The summed E-state index contributed by atoms with van der Waals surface area (Å²) in [5.41, 5.74) is 0.860. The number of carbonyl (C=O) groups is 1. The SMILES string of the molecule is O=C(O)c1cccc(C(O)C2CCCOC2)c1. The summed E-state index contributed by atoms with van der Waals surface area (Å²) in [6.07, 6.45) is 1.22. The third-order valence-corrected chi connectivity index (χ3v) is 3.12. The minimum atomic E-state index is -0.973. The third kappa shape index (κ3) is 2.84. The highest BCUT2D eigenvalue weighted by Gasteiger charge is 2.24. The lowest BCUT2D eigenvalue weighted by molar-refractivity contribution is -0.00998. The van der Waals surface area contributed by atoms with Gasteiger partial charge >= 0.3 is 5.97 Å². The Bertz CT molecular complexity index is 396. The molecule has 0 radical (unpaired) electrons. The summed E-state index contributed by atoms with van der Waals surface area (Å²) in [6.45, 7) is 1.29. The van der Waals surface area contributed by atoms with Crippen LogP contribution < -0.4 is 0 Å². The van der Waals surface area contributed by atoms with Crippen LogP contribution in [0.5, 0.6) is 0 Å².